The van der Waals surface area contributed by atoms with E-state index in [0.717, 1.165) is 11.5 Å². The zero-order valence-electron chi connectivity index (χ0n) is 8.53. The molecule has 0 unspecified atom stereocenters. The molecule has 1 radical (unpaired) electrons. The number of hydrogen-bond acceptors (Lipinski definition) is 3. The molecule has 0 saturated heterocycles. The van der Waals surface area contributed by atoms with Gasteiger partial charge in [0.15, 0.2) is 0 Å². The van der Waals surface area contributed by atoms with Gasteiger partial charge >= 0.3 is 0 Å². The first kappa shape index (κ1) is 8.65. The summed E-state index contributed by atoms with van der Waals surface area (Å²) in [7, 11) is 0. The summed E-state index contributed by atoms with van der Waals surface area (Å²) in [5, 5.41) is 3.90. The van der Waals surface area contributed by atoms with Crippen LogP contribution in [-0.4, -0.2) is 10.1 Å². The minimum Gasteiger partial charge on any atom is -0.339 e. The lowest BCUT2D eigenvalue weighted by Crippen LogP contribution is -1.84. The highest BCUT2D eigenvalue weighted by Crippen LogP contribution is 2.40. The van der Waals surface area contributed by atoms with Crippen LogP contribution in [0, 0.1) is 13.0 Å². The van der Waals surface area contributed by atoms with Crippen molar-refractivity contribution >= 4 is 0 Å². The topological polar surface area (TPSA) is 38.9 Å². The lowest BCUT2D eigenvalue weighted by molar-refractivity contribution is 0.394. The quantitative estimate of drug-likeness (QED) is 0.746. The molecule has 1 aliphatic carbocycles. The van der Waals surface area contributed by atoms with Crippen molar-refractivity contribution in [1.82, 2.24) is 10.1 Å². The van der Waals surface area contributed by atoms with Gasteiger partial charge in [-0.1, -0.05) is 11.2 Å². The molecule has 75 valence electrons. The molecule has 0 aliphatic heterocycles. The largest absolute Gasteiger partial charge is 0.339 e. The molecule has 0 N–H and O–H groups in total. The standard InChI is InChI=1S/C12H11N2O/c1-8-13-12(14-15-8)11-4-2-3-10(7-11)9-5-6-9/h3-4,7,9H,5-6H2,1H3. The van der Waals surface area contributed by atoms with Crippen LogP contribution in [0.4, 0.5) is 0 Å². The van der Waals surface area contributed by atoms with Crippen LogP contribution in [0.1, 0.15) is 30.2 Å². The number of hydrogen-bond donors (Lipinski definition) is 0. The molecule has 0 spiro atoms. The Hall–Kier alpha value is -1.64. The Morgan fingerprint density at radius 3 is 2.93 bits per heavy atom. The van der Waals surface area contributed by atoms with E-state index in [-0.39, 0.29) is 0 Å². The van der Waals surface area contributed by atoms with Crippen molar-refractivity contribution in [2.75, 3.05) is 0 Å². The molecular weight excluding hydrogens is 188 g/mol. The molecule has 1 aromatic heterocycles. The summed E-state index contributed by atoms with van der Waals surface area (Å²) in [6.07, 6.45) is 2.59. The molecule has 3 rings (SSSR count). The van der Waals surface area contributed by atoms with E-state index >= 15 is 0 Å². The van der Waals surface area contributed by atoms with E-state index in [4.69, 9.17) is 4.52 Å². The fourth-order valence-electron chi connectivity index (χ4n) is 1.69. The third-order valence-electron chi connectivity index (χ3n) is 2.65. The van der Waals surface area contributed by atoms with Crippen LogP contribution >= 0.6 is 0 Å². The van der Waals surface area contributed by atoms with Gasteiger partial charge in [-0.2, -0.15) is 4.98 Å². The van der Waals surface area contributed by atoms with E-state index < -0.39 is 0 Å². The van der Waals surface area contributed by atoms with E-state index in [1.165, 1.54) is 18.4 Å². The zero-order valence-corrected chi connectivity index (χ0v) is 8.53. The normalized spacial score (nSPS) is 15.5. The van der Waals surface area contributed by atoms with E-state index in [0.29, 0.717) is 11.7 Å². The molecule has 3 heteroatoms. The second kappa shape index (κ2) is 3.19. The highest BCUT2D eigenvalue weighted by molar-refractivity contribution is 5.55. The van der Waals surface area contributed by atoms with Gasteiger partial charge < -0.3 is 4.52 Å². The first-order chi connectivity index (χ1) is 7.33. The number of benzene rings is 1. The second-order valence-electron chi connectivity index (χ2n) is 3.97. The van der Waals surface area contributed by atoms with Crippen molar-refractivity contribution < 1.29 is 4.52 Å². The summed E-state index contributed by atoms with van der Waals surface area (Å²) in [5.41, 5.74) is 2.34. The van der Waals surface area contributed by atoms with E-state index in [2.05, 4.69) is 22.3 Å². The van der Waals surface area contributed by atoms with Crippen molar-refractivity contribution in [1.29, 1.82) is 0 Å². The molecule has 1 aliphatic rings. The maximum atomic E-state index is 4.96. The molecule has 3 nitrogen and oxygen atoms in total. The zero-order chi connectivity index (χ0) is 10.3. The first-order valence-electron chi connectivity index (χ1n) is 5.14. The SMILES string of the molecule is Cc1nc(-c2c[c]cc(C3CC3)c2)no1. The molecule has 15 heavy (non-hydrogen) atoms. The van der Waals surface area contributed by atoms with Crippen molar-refractivity contribution in [3.8, 4) is 11.4 Å². The maximum Gasteiger partial charge on any atom is 0.223 e. The molecular formula is C12H11N2O. The van der Waals surface area contributed by atoms with Crippen LogP contribution < -0.4 is 0 Å². The summed E-state index contributed by atoms with van der Waals surface area (Å²) in [6, 6.07) is 9.22. The van der Waals surface area contributed by atoms with Crippen molar-refractivity contribution in [3.05, 3.63) is 35.7 Å². The highest BCUT2D eigenvalue weighted by atomic mass is 16.5. The van der Waals surface area contributed by atoms with Crippen LogP contribution in [0.3, 0.4) is 0 Å². The molecule has 0 bridgehead atoms. The smallest absolute Gasteiger partial charge is 0.223 e. The van der Waals surface area contributed by atoms with Gasteiger partial charge in [0.05, 0.1) is 0 Å². The summed E-state index contributed by atoms with van der Waals surface area (Å²) in [6.45, 7) is 1.80. The van der Waals surface area contributed by atoms with Gasteiger partial charge in [0.1, 0.15) is 0 Å². The van der Waals surface area contributed by atoms with E-state index in [9.17, 15) is 0 Å². The van der Waals surface area contributed by atoms with Crippen LogP contribution in [0.25, 0.3) is 11.4 Å². The van der Waals surface area contributed by atoms with Crippen LogP contribution in [0.5, 0.6) is 0 Å². The fourth-order valence-corrected chi connectivity index (χ4v) is 1.69. The molecule has 1 saturated carbocycles. The molecule has 1 heterocycles. The van der Waals surface area contributed by atoms with Crippen LogP contribution in [-0.2, 0) is 0 Å². The third kappa shape index (κ3) is 1.65. The first-order valence-corrected chi connectivity index (χ1v) is 5.14. The Bertz CT molecular complexity index is 486. The Kier molecular flexibility index (Phi) is 1.84. The van der Waals surface area contributed by atoms with Gasteiger partial charge in [-0.25, -0.2) is 0 Å². The average molecular weight is 199 g/mol. The van der Waals surface area contributed by atoms with Gasteiger partial charge in [-0.05, 0) is 42.5 Å². The monoisotopic (exact) mass is 199 g/mol. The van der Waals surface area contributed by atoms with Crippen molar-refractivity contribution in [2.24, 2.45) is 0 Å². The van der Waals surface area contributed by atoms with Gasteiger partial charge in [-0.15, -0.1) is 0 Å². The molecule has 0 amide bonds. The number of rotatable bonds is 2. The van der Waals surface area contributed by atoms with Gasteiger partial charge in [0, 0.05) is 12.5 Å². The lowest BCUT2D eigenvalue weighted by atomic mass is 10.1. The number of aromatic nitrogens is 2. The Morgan fingerprint density at radius 2 is 2.27 bits per heavy atom. The summed E-state index contributed by atoms with van der Waals surface area (Å²) < 4.78 is 4.96. The summed E-state index contributed by atoms with van der Waals surface area (Å²) in [4.78, 5) is 4.20. The molecule has 1 aromatic carbocycles. The number of aryl methyl sites for hydroxylation is 1. The molecule has 2 aromatic rings. The van der Waals surface area contributed by atoms with Crippen molar-refractivity contribution in [3.63, 3.8) is 0 Å². The minimum absolute atomic E-state index is 0.599. The summed E-state index contributed by atoms with van der Waals surface area (Å²) >= 11 is 0. The van der Waals surface area contributed by atoms with E-state index in [1.54, 1.807) is 6.92 Å². The van der Waals surface area contributed by atoms with Gasteiger partial charge in [0.25, 0.3) is 0 Å². The van der Waals surface area contributed by atoms with Crippen molar-refractivity contribution in [2.45, 2.75) is 25.7 Å². The molecule has 1 fully saturated rings. The Morgan fingerprint density at radius 1 is 1.40 bits per heavy atom. The van der Waals surface area contributed by atoms with E-state index in [1.807, 2.05) is 12.1 Å². The summed E-state index contributed by atoms with van der Waals surface area (Å²) in [5.74, 6) is 1.99. The third-order valence-corrected chi connectivity index (χ3v) is 2.65. The average Bonchev–Trinajstić information content (AvgIpc) is 3.02. The van der Waals surface area contributed by atoms with Crippen LogP contribution in [0.15, 0.2) is 22.7 Å². The Balaban J connectivity index is 2.00. The van der Waals surface area contributed by atoms with Crippen LogP contribution in [0.2, 0.25) is 0 Å². The predicted octanol–water partition coefficient (Wildman–Crippen LogP) is 2.72. The van der Waals surface area contributed by atoms with Gasteiger partial charge in [-0.3, -0.25) is 0 Å². The highest BCUT2D eigenvalue weighted by Gasteiger charge is 2.23. The minimum atomic E-state index is 0.599. The lowest BCUT2D eigenvalue weighted by Gasteiger charge is -1.99. The maximum absolute atomic E-state index is 4.96. The molecule has 0 atom stereocenters. The second-order valence-corrected chi connectivity index (χ2v) is 3.97. The van der Waals surface area contributed by atoms with Gasteiger partial charge in [0.2, 0.25) is 11.7 Å². The fraction of sp³-hybridized carbons (Fsp3) is 0.333. The number of nitrogens with zero attached hydrogens (tertiary/aromatic N) is 2. The predicted molar refractivity (Wildman–Crippen MR) is 55.3 cm³/mol. The Labute approximate surface area is 88.1 Å².